The van der Waals surface area contributed by atoms with E-state index in [1.54, 1.807) is 6.92 Å². The van der Waals surface area contributed by atoms with Crippen LogP contribution in [0.3, 0.4) is 0 Å². The number of carboxylic acid groups (broad SMARTS) is 1. The minimum absolute atomic E-state index is 0.237. The Morgan fingerprint density at radius 3 is 2.30 bits per heavy atom. The maximum atomic E-state index is 11.8. The summed E-state index contributed by atoms with van der Waals surface area (Å²) in [6, 6.07) is 2.65. The van der Waals surface area contributed by atoms with Gasteiger partial charge in [0.25, 0.3) is 0 Å². The van der Waals surface area contributed by atoms with Crippen molar-refractivity contribution in [3.05, 3.63) is 29.3 Å². The van der Waals surface area contributed by atoms with Crippen LogP contribution >= 0.6 is 0 Å². The molecular formula is C11H11NaO7S. The molecule has 1 aromatic carbocycles. The molecule has 0 heterocycles. The van der Waals surface area contributed by atoms with Gasteiger partial charge in [-0.05, 0) is 0 Å². The molecule has 0 aliphatic heterocycles. The van der Waals surface area contributed by atoms with Gasteiger partial charge in [-0.25, -0.2) is 0 Å². The Morgan fingerprint density at radius 1 is 1.30 bits per heavy atom. The summed E-state index contributed by atoms with van der Waals surface area (Å²) in [5, 5.41) is 8.89. The van der Waals surface area contributed by atoms with E-state index in [0.717, 1.165) is 46.1 Å². The standard InChI is InChI=1S/C11H11O7S.Na/c1-6(2)18-11(14)8-3-7(10(12)13)4-9(5-8)19(15,16)17;/h3-6H,1H2,2H3,(H,12,13)(H,15,16,17);. The van der Waals surface area contributed by atoms with Gasteiger partial charge in [-0.2, -0.15) is 0 Å². The van der Waals surface area contributed by atoms with E-state index in [-0.39, 0.29) is 11.7 Å². The molecule has 1 rings (SSSR count). The quantitative estimate of drug-likeness (QED) is 0.468. The van der Waals surface area contributed by atoms with Gasteiger partial charge in [0.2, 0.25) is 0 Å². The molecule has 0 radical (unpaired) electrons. The van der Waals surface area contributed by atoms with Crippen LogP contribution in [0.5, 0.6) is 0 Å². The average molecular weight is 310 g/mol. The Hall–Kier alpha value is -0.930. The molecule has 2 N–H and O–H groups in total. The van der Waals surface area contributed by atoms with E-state index >= 15 is 0 Å². The molecular weight excluding hydrogens is 299 g/mol. The molecule has 104 valence electrons. The first-order chi connectivity index (χ1) is 9.15. The zero-order chi connectivity index (χ0) is 15.5. The van der Waals surface area contributed by atoms with Gasteiger partial charge in [0.1, 0.15) is 0 Å². The molecule has 0 bridgehead atoms. The number of ether oxygens (including phenoxy) is 1. The van der Waals surface area contributed by atoms with Gasteiger partial charge in [-0.1, -0.05) is 0 Å². The molecule has 1 atom stereocenters. The monoisotopic (exact) mass is 310 g/mol. The van der Waals surface area contributed by atoms with E-state index < -0.39 is 32.5 Å². The fourth-order valence-electron chi connectivity index (χ4n) is 1.32. The number of hydrogen-bond donors (Lipinski definition) is 2. The topological polar surface area (TPSA) is 118 Å². The number of benzene rings is 1. The van der Waals surface area contributed by atoms with Crippen molar-refractivity contribution in [2.75, 3.05) is 0 Å². The van der Waals surface area contributed by atoms with Gasteiger partial charge in [-0.3, -0.25) is 0 Å². The molecule has 0 aliphatic carbocycles. The second kappa shape index (κ2) is 6.68. The molecule has 0 aliphatic rings. The van der Waals surface area contributed by atoms with Crippen LogP contribution in [0.25, 0.3) is 0 Å². The third-order valence-corrected chi connectivity index (χ3v) is 4.55. The van der Waals surface area contributed by atoms with Crippen molar-refractivity contribution in [2.24, 2.45) is 0 Å². The van der Waals surface area contributed by atoms with E-state index in [2.05, 4.69) is 0 Å². The Bertz CT molecular complexity index is 638. The zero-order valence-electron chi connectivity index (χ0n) is 10.9. The van der Waals surface area contributed by atoms with Crippen LogP contribution in [0.2, 0.25) is 3.67 Å². The maximum absolute atomic E-state index is 11.8. The van der Waals surface area contributed by atoms with Gasteiger partial charge >= 0.3 is 133 Å². The predicted octanol–water partition coefficient (Wildman–Crippen LogP) is 0.764. The SMILES string of the molecule is CC([CH2][Na])OC(=O)c1cc(C(=O)O)cc(S(=O)(=O)O)c1. The molecule has 20 heavy (non-hydrogen) atoms. The van der Waals surface area contributed by atoms with Gasteiger partial charge in [0.05, 0.1) is 0 Å². The van der Waals surface area contributed by atoms with E-state index in [1.165, 1.54) is 0 Å². The molecule has 0 saturated carbocycles. The van der Waals surface area contributed by atoms with Gasteiger partial charge in [-0.15, -0.1) is 0 Å². The number of hydrogen-bond acceptors (Lipinski definition) is 5. The minimum atomic E-state index is -4.61. The van der Waals surface area contributed by atoms with Crippen LogP contribution in [-0.4, -0.2) is 64.1 Å². The van der Waals surface area contributed by atoms with Crippen LogP contribution in [0, 0.1) is 0 Å². The molecule has 0 aromatic heterocycles. The van der Waals surface area contributed by atoms with Crippen molar-refractivity contribution in [2.45, 2.75) is 21.6 Å². The van der Waals surface area contributed by atoms with Crippen molar-refractivity contribution >= 4 is 50.0 Å². The first-order valence-electron chi connectivity index (χ1n) is 5.72. The molecule has 0 fully saturated rings. The van der Waals surface area contributed by atoms with E-state index in [4.69, 9.17) is 14.4 Å². The first-order valence-corrected chi connectivity index (χ1v) is 8.57. The molecule has 0 amide bonds. The van der Waals surface area contributed by atoms with Gasteiger partial charge in [0.15, 0.2) is 0 Å². The van der Waals surface area contributed by atoms with E-state index in [0.29, 0.717) is 3.67 Å². The molecule has 9 heteroatoms. The molecule has 7 nitrogen and oxygen atoms in total. The fraction of sp³-hybridized carbons (Fsp3) is 0.273. The van der Waals surface area contributed by atoms with E-state index in [1.807, 2.05) is 0 Å². The van der Waals surface area contributed by atoms with Crippen LogP contribution in [0.15, 0.2) is 23.1 Å². The van der Waals surface area contributed by atoms with Gasteiger partial charge < -0.3 is 0 Å². The molecule has 1 aromatic rings. The van der Waals surface area contributed by atoms with Crippen molar-refractivity contribution in [3.8, 4) is 0 Å². The molecule has 0 spiro atoms. The summed E-state index contributed by atoms with van der Waals surface area (Å²) in [6.07, 6.45) is -0.336. The Kier molecular flexibility index (Phi) is 5.72. The number of rotatable bonds is 5. The second-order valence-electron chi connectivity index (χ2n) is 4.15. The third-order valence-electron chi connectivity index (χ3n) is 2.57. The van der Waals surface area contributed by atoms with E-state index in [9.17, 15) is 18.0 Å². The van der Waals surface area contributed by atoms with Crippen LogP contribution in [-0.2, 0) is 14.9 Å². The Labute approximate surface area is 133 Å². The molecule has 0 saturated heterocycles. The Balaban J connectivity index is 3.29. The van der Waals surface area contributed by atoms with Gasteiger partial charge in [0, 0.05) is 0 Å². The second-order valence-corrected chi connectivity index (χ2v) is 6.39. The Morgan fingerprint density at radius 2 is 1.85 bits per heavy atom. The zero-order valence-corrected chi connectivity index (χ0v) is 13.7. The number of aromatic carboxylic acids is 1. The van der Waals surface area contributed by atoms with Crippen LogP contribution < -0.4 is 0 Å². The van der Waals surface area contributed by atoms with Crippen molar-refractivity contribution < 1.29 is 32.4 Å². The predicted molar refractivity (Wildman–Crippen MR) is 68.7 cm³/mol. The van der Waals surface area contributed by atoms with Crippen molar-refractivity contribution in [3.63, 3.8) is 0 Å². The average Bonchev–Trinajstić information content (AvgIpc) is 2.36. The van der Waals surface area contributed by atoms with Crippen molar-refractivity contribution in [1.82, 2.24) is 0 Å². The summed E-state index contributed by atoms with van der Waals surface area (Å²) in [5.41, 5.74) is -0.662. The normalized spacial score (nSPS) is 12.8. The summed E-state index contributed by atoms with van der Waals surface area (Å²) in [7, 11) is -4.61. The number of carboxylic acids is 1. The number of carbonyl (C=O) groups excluding carboxylic acids is 1. The third kappa shape index (κ3) is 4.57. The summed E-state index contributed by atoms with van der Waals surface area (Å²) in [5.74, 6) is -2.25. The van der Waals surface area contributed by atoms with Crippen molar-refractivity contribution in [1.29, 1.82) is 0 Å². The summed E-state index contributed by atoms with van der Waals surface area (Å²) < 4.78 is 36.8. The fourth-order valence-corrected chi connectivity index (χ4v) is 2.04. The first kappa shape index (κ1) is 17.1. The number of carbonyl (C=O) groups is 2. The van der Waals surface area contributed by atoms with Crippen LogP contribution in [0.1, 0.15) is 27.6 Å². The summed E-state index contributed by atoms with van der Waals surface area (Å²) in [4.78, 5) is 22.0. The summed E-state index contributed by atoms with van der Waals surface area (Å²) >= 11 is 0.820. The number of esters is 1. The van der Waals surface area contributed by atoms with Crippen LogP contribution in [0.4, 0.5) is 0 Å². The molecule has 1 unspecified atom stereocenters. The summed E-state index contributed by atoms with van der Waals surface area (Å²) in [6.45, 7) is 1.68.